The zero-order chi connectivity index (χ0) is 17.9. The number of hydrogen-bond donors (Lipinski definition) is 0. The molecule has 7 nitrogen and oxygen atoms in total. The molecule has 2 amide bonds. The molecule has 0 spiro atoms. The zero-order valence-electron chi connectivity index (χ0n) is 13.9. The molecular formula is C17H20N2O5. The van der Waals surface area contributed by atoms with Gasteiger partial charge < -0.3 is 4.74 Å². The summed E-state index contributed by atoms with van der Waals surface area (Å²) in [6, 6.07) is 5.94. The highest BCUT2D eigenvalue weighted by atomic mass is 16.6. The molecule has 7 heteroatoms. The van der Waals surface area contributed by atoms with E-state index in [1.54, 1.807) is 12.1 Å². The summed E-state index contributed by atoms with van der Waals surface area (Å²) < 4.78 is 5.91. The number of ether oxygens (including phenoxy) is 1. The Labute approximate surface area is 140 Å². The Balaban J connectivity index is 2.20. The van der Waals surface area contributed by atoms with E-state index in [9.17, 15) is 19.7 Å². The lowest BCUT2D eigenvalue weighted by Crippen LogP contribution is -2.35. The van der Waals surface area contributed by atoms with Crippen LogP contribution in [0.1, 0.15) is 32.4 Å². The number of carbonyl (C=O) groups excluding carboxylic acids is 2. The highest BCUT2D eigenvalue weighted by Gasteiger charge is 2.28. The minimum absolute atomic E-state index is 0.0247. The highest BCUT2D eigenvalue weighted by molar-refractivity contribution is 6.12. The number of non-ortho nitro benzene ring substituents is 1. The molecule has 0 fully saturated rings. The summed E-state index contributed by atoms with van der Waals surface area (Å²) in [5.41, 5.74) is 0.553. The van der Waals surface area contributed by atoms with Crippen LogP contribution in [0.15, 0.2) is 36.4 Å². The topological polar surface area (TPSA) is 89.8 Å². The van der Waals surface area contributed by atoms with Crippen LogP contribution in [0.2, 0.25) is 0 Å². The van der Waals surface area contributed by atoms with Crippen molar-refractivity contribution in [2.24, 2.45) is 5.41 Å². The second-order valence-electron chi connectivity index (χ2n) is 6.83. The van der Waals surface area contributed by atoms with E-state index < -0.39 is 11.0 Å². The summed E-state index contributed by atoms with van der Waals surface area (Å²) in [6.45, 7) is 6.51. The Morgan fingerprint density at radius 1 is 1.12 bits per heavy atom. The maximum absolute atomic E-state index is 11.8. The molecule has 2 rings (SSSR count). The van der Waals surface area contributed by atoms with Crippen molar-refractivity contribution in [1.82, 2.24) is 4.90 Å². The lowest BCUT2D eigenvalue weighted by molar-refractivity contribution is -0.384. The molecule has 1 atom stereocenters. The fourth-order valence-corrected chi connectivity index (χ4v) is 2.19. The summed E-state index contributed by atoms with van der Waals surface area (Å²) in [6.07, 6.45) is 1.90. The van der Waals surface area contributed by atoms with Crippen LogP contribution in [0.25, 0.3) is 0 Å². The van der Waals surface area contributed by atoms with Crippen LogP contribution >= 0.6 is 0 Å². The minimum atomic E-state index is -0.544. The maximum Gasteiger partial charge on any atom is 0.269 e. The lowest BCUT2D eigenvalue weighted by Gasteiger charge is -2.27. The second kappa shape index (κ2) is 6.92. The summed E-state index contributed by atoms with van der Waals surface area (Å²) in [5, 5.41) is 10.8. The summed E-state index contributed by atoms with van der Waals surface area (Å²) in [5.74, 6) is -0.766. The Morgan fingerprint density at radius 3 is 2.12 bits per heavy atom. The van der Waals surface area contributed by atoms with Crippen LogP contribution < -0.4 is 0 Å². The third-order valence-corrected chi connectivity index (χ3v) is 3.44. The largest absolute Gasteiger partial charge is 0.371 e. The van der Waals surface area contributed by atoms with Crippen molar-refractivity contribution in [2.45, 2.75) is 26.9 Å². The minimum Gasteiger partial charge on any atom is -0.371 e. The molecule has 24 heavy (non-hydrogen) atoms. The predicted octanol–water partition coefficient (Wildman–Crippen LogP) is 2.62. The Hall–Kier alpha value is -2.54. The molecule has 0 N–H and O–H groups in total. The van der Waals surface area contributed by atoms with E-state index >= 15 is 0 Å². The van der Waals surface area contributed by atoms with E-state index in [0.29, 0.717) is 12.2 Å². The van der Waals surface area contributed by atoms with Crippen molar-refractivity contribution in [2.75, 3.05) is 13.2 Å². The van der Waals surface area contributed by atoms with E-state index in [4.69, 9.17) is 4.74 Å². The van der Waals surface area contributed by atoms with Gasteiger partial charge in [0.25, 0.3) is 17.5 Å². The van der Waals surface area contributed by atoms with Gasteiger partial charge in [-0.1, -0.05) is 20.8 Å². The van der Waals surface area contributed by atoms with E-state index in [1.165, 1.54) is 24.3 Å². The SMILES string of the molecule is CC(C)(C)COC(CN1C(=O)C=CC1=O)c1ccc([N+](=O)[O-])cc1. The number of carbonyl (C=O) groups is 2. The Kier molecular flexibility index (Phi) is 5.14. The molecule has 1 unspecified atom stereocenters. The van der Waals surface area contributed by atoms with Gasteiger partial charge in [0.1, 0.15) is 6.10 Å². The number of nitro benzene ring substituents is 1. The van der Waals surface area contributed by atoms with Gasteiger partial charge in [-0.2, -0.15) is 0 Å². The van der Waals surface area contributed by atoms with Crippen molar-refractivity contribution >= 4 is 17.5 Å². The number of amides is 2. The smallest absolute Gasteiger partial charge is 0.269 e. The first-order chi connectivity index (χ1) is 11.2. The average molecular weight is 332 g/mol. The van der Waals surface area contributed by atoms with Gasteiger partial charge in [0.2, 0.25) is 0 Å². The first-order valence-corrected chi connectivity index (χ1v) is 7.57. The van der Waals surface area contributed by atoms with Crippen LogP contribution in [0.5, 0.6) is 0 Å². The summed E-state index contributed by atoms with van der Waals surface area (Å²) in [4.78, 5) is 34.9. The van der Waals surface area contributed by atoms with Crippen molar-refractivity contribution in [3.05, 3.63) is 52.1 Å². The molecular weight excluding hydrogens is 312 g/mol. The number of nitro groups is 1. The number of imide groups is 1. The number of benzene rings is 1. The molecule has 1 aliphatic rings. The molecule has 0 bridgehead atoms. The summed E-state index contributed by atoms with van der Waals surface area (Å²) >= 11 is 0. The van der Waals surface area contributed by atoms with Gasteiger partial charge in [0, 0.05) is 24.3 Å². The average Bonchev–Trinajstić information content (AvgIpc) is 2.82. The normalized spacial score (nSPS) is 15.9. The van der Waals surface area contributed by atoms with Crippen LogP contribution in [0.3, 0.4) is 0 Å². The van der Waals surface area contributed by atoms with E-state index in [-0.39, 0.29) is 29.5 Å². The van der Waals surface area contributed by atoms with Gasteiger partial charge in [-0.15, -0.1) is 0 Å². The third-order valence-electron chi connectivity index (χ3n) is 3.44. The van der Waals surface area contributed by atoms with Crippen molar-refractivity contribution in [1.29, 1.82) is 0 Å². The second-order valence-corrected chi connectivity index (χ2v) is 6.83. The van der Waals surface area contributed by atoms with Gasteiger partial charge in [-0.25, -0.2) is 0 Å². The quantitative estimate of drug-likeness (QED) is 0.454. The molecule has 0 aliphatic carbocycles. The van der Waals surface area contributed by atoms with Crippen LogP contribution in [0.4, 0.5) is 5.69 Å². The molecule has 1 aliphatic heterocycles. The Bertz CT molecular complexity index is 655. The predicted molar refractivity (Wildman–Crippen MR) is 87.1 cm³/mol. The van der Waals surface area contributed by atoms with Crippen LogP contribution in [-0.2, 0) is 14.3 Å². The number of rotatable bonds is 6. The highest BCUT2D eigenvalue weighted by Crippen LogP contribution is 2.26. The maximum atomic E-state index is 11.8. The van der Waals surface area contributed by atoms with Crippen LogP contribution in [0, 0.1) is 15.5 Å². The Morgan fingerprint density at radius 2 is 1.67 bits per heavy atom. The lowest BCUT2D eigenvalue weighted by atomic mass is 9.98. The fraction of sp³-hybridized carbons (Fsp3) is 0.412. The molecule has 128 valence electrons. The van der Waals surface area contributed by atoms with Crippen molar-refractivity contribution in [3.8, 4) is 0 Å². The van der Waals surface area contributed by atoms with Crippen molar-refractivity contribution in [3.63, 3.8) is 0 Å². The molecule has 1 heterocycles. The van der Waals surface area contributed by atoms with Gasteiger partial charge in [0.05, 0.1) is 18.1 Å². The molecule has 1 aromatic rings. The first kappa shape index (κ1) is 17.8. The molecule has 0 saturated heterocycles. The number of nitrogens with zero attached hydrogens (tertiary/aromatic N) is 2. The van der Waals surface area contributed by atoms with E-state index in [2.05, 4.69) is 0 Å². The van der Waals surface area contributed by atoms with E-state index in [1.807, 2.05) is 20.8 Å². The van der Waals surface area contributed by atoms with Gasteiger partial charge in [-0.3, -0.25) is 24.6 Å². The number of hydrogen-bond acceptors (Lipinski definition) is 5. The third kappa shape index (κ3) is 4.48. The molecule has 0 aromatic heterocycles. The monoisotopic (exact) mass is 332 g/mol. The van der Waals surface area contributed by atoms with Crippen LogP contribution in [-0.4, -0.2) is 34.8 Å². The van der Waals surface area contributed by atoms with Gasteiger partial charge >= 0.3 is 0 Å². The van der Waals surface area contributed by atoms with E-state index in [0.717, 1.165) is 4.90 Å². The van der Waals surface area contributed by atoms with Gasteiger partial charge in [0.15, 0.2) is 0 Å². The van der Waals surface area contributed by atoms with Crippen molar-refractivity contribution < 1.29 is 19.2 Å². The van der Waals surface area contributed by atoms with Gasteiger partial charge in [-0.05, 0) is 23.1 Å². The molecule has 0 saturated carbocycles. The molecule has 0 radical (unpaired) electrons. The summed E-state index contributed by atoms with van der Waals surface area (Å²) in [7, 11) is 0. The first-order valence-electron chi connectivity index (χ1n) is 7.57. The zero-order valence-corrected chi connectivity index (χ0v) is 13.9. The standard InChI is InChI=1S/C17H20N2O5/c1-17(2,3)11-24-14(10-18-15(20)8-9-16(18)21)12-4-6-13(7-5-12)19(22)23/h4-9,14H,10-11H2,1-3H3. The molecule has 1 aromatic carbocycles. The fourth-order valence-electron chi connectivity index (χ4n) is 2.19.